The van der Waals surface area contributed by atoms with E-state index in [1.165, 1.54) is 0 Å². The van der Waals surface area contributed by atoms with Crippen LogP contribution < -0.4 is 5.32 Å². The number of carboxylic acid groups (broad SMARTS) is 1. The number of hydrogen-bond acceptors (Lipinski definition) is 3. The molecule has 0 spiro atoms. The minimum Gasteiger partial charge on any atom is -0.480 e. The van der Waals surface area contributed by atoms with Gasteiger partial charge in [0.15, 0.2) is 0 Å². The summed E-state index contributed by atoms with van der Waals surface area (Å²) in [7, 11) is 0. The van der Waals surface area contributed by atoms with E-state index in [0.29, 0.717) is 25.1 Å². The van der Waals surface area contributed by atoms with E-state index in [1.807, 2.05) is 31.2 Å². The first kappa shape index (κ1) is 15.0. The lowest BCUT2D eigenvalue weighted by Crippen LogP contribution is -2.47. The van der Waals surface area contributed by atoms with Crippen LogP contribution in [-0.4, -0.2) is 24.2 Å². The SMILES string of the molecule is Cc1ccc(C(C)(NCCCN=[N+]=[N-])C(=O)O)cc1. The van der Waals surface area contributed by atoms with E-state index in [2.05, 4.69) is 15.3 Å². The van der Waals surface area contributed by atoms with Crippen molar-refractivity contribution in [2.75, 3.05) is 13.1 Å². The van der Waals surface area contributed by atoms with Crippen LogP contribution in [0.15, 0.2) is 29.4 Å². The van der Waals surface area contributed by atoms with Gasteiger partial charge in [-0.1, -0.05) is 34.9 Å². The molecule has 0 aliphatic rings. The van der Waals surface area contributed by atoms with Crippen molar-refractivity contribution < 1.29 is 9.90 Å². The van der Waals surface area contributed by atoms with Crippen LogP contribution in [0.5, 0.6) is 0 Å². The highest BCUT2D eigenvalue weighted by Crippen LogP contribution is 2.21. The zero-order chi connectivity index (χ0) is 14.3. The molecule has 6 nitrogen and oxygen atoms in total. The van der Waals surface area contributed by atoms with Crippen LogP contribution in [-0.2, 0) is 10.3 Å². The fraction of sp³-hybridized carbons (Fsp3) is 0.462. The second kappa shape index (κ2) is 6.78. The summed E-state index contributed by atoms with van der Waals surface area (Å²) in [6.45, 7) is 4.41. The molecule has 0 fully saturated rings. The lowest BCUT2D eigenvalue weighted by atomic mass is 9.91. The van der Waals surface area contributed by atoms with Gasteiger partial charge in [0.1, 0.15) is 5.54 Å². The summed E-state index contributed by atoms with van der Waals surface area (Å²) >= 11 is 0. The Bertz CT molecular complexity index is 480. The van der Waals surface area contributed by atoms with Crippen LogP contribution in [0.3, 0.4) is 0 Å². The summed E-state index contributed by atoms with van der Waals surface area (Å²) in [6.07, 6.45) is 0.596. The zero-order valence-electron chi connectivity index (χ0n) is 11.1. The zero-order valence-corrected chi connectivity index (χ0v) is 11.1. The minimum atomic E-state index is -1.13. The minimum absolute atomic E-state index is 0.354. The lowest BCUT2D eigenvalue weighted by Gasteiger charge is -2.27. The molecule has 1 aromatic rings. The van der Waals surface area contributed by atoms with E-state index in [4.69, 9.17) is 5.53 Å². The number of rotatable bonds is 7. The van der Waals surface area contributed by atoms with Gasteiger partial charge >= 0.3 is 5.97 Å². The highest BCUT2D eigenvalue weighted by molar-refractivity contribution is 5.80. The molecule has 0 saturated heterocycles. The Balaban J connectivity index is 2.76. The summed E-state index contributed by atoms with van der Waals surface area (Å²) in [5.41, 5.74) is 8.81. The Morgan fingerprint density at radius 2 is 2.11 bits per heavy atom. The van der Waals surface area contributed by atoms with Crippen LogP contribution in [0, 0.1) is 6.92 Å². The van der Waals surface area contributed by atoms with Gasteiger partial charge in [0.25, 0.3) is 0 Å². The predicted octanol–water partition coefficient (Wildman–Crippen LogP) is 2.58. The lowest BCUT2D eigenvalue weighted by molar-refractivity contribution is -0.144. The average Bonchev–Trinajstić information content (AvgIpc) is 2.38. The Kier molecular flexibility index (Phi) is 5.36. The Morgan fingerprint density at radius 1 is 1.47 bits per heavy atom. The molecule has 0 aliphatic carbocycles. The maximum atomic E-state index is 11.5. The van der Waals surface area contributed by atoms with Crippen molar-refractivity contribution in [2.24, 2.45) is 5.11 Å². The molecule has 2 N–H and O–H groups in total. The first-order valence-corrected chi connectivity index (χ1v) is 6.07. The van der Waals surface area contributed by atoms with Crippen molar-refractivity contribution in [3.8, 4) is 0 Å². The maximum Gasteiger partial charge on any atom is 0.328 e. The number of azide groups is 1. The van der Waals surface area contributed by atoms with Crippen molar-refractivity contribution in [1.82, 2.24) is 5.32 Å². The first-order valence-electron chi connectivity index (χ1n) is 6.07. The smallest absolute Gasteiger partial charge is 0.328 e. The second-order valence-corrected chi connectivity index (χ2v) is 4.53. The van der Waals surface area contributed by atoms with Gasteiger partial charge in [0.2, 0.25) is 0 Å². The third-order valence-electron chi connectivity index (χ3n) is 3.03. The molecule has 6 heteroatoms. The molecular formula is C13H18N4O2. The van der Waals surface area contributed by atoms with Gasteiger partial charge in [0, 0.05) is 11.5 Å². The van der Waals surface area contributed by atoms with Crippen LogP contribution in [0.2, 0.25) is 0 Å². The van der Waals surface area contributed by atoms with E-state index in [1.54, 1.807) is 6.92 Å². The molecule has 0 radical (unpaired) electrons. The molecule has 1 rings (SSSR count). The monoisotopic (exact) mass is 262 g/mol. The molecule has 0 bridgehead atoms. The molecule has 1 unspecified atom stereocenters. The molecule has 19 heavy (non-hydrogen) atoms. The van der Waals surface area contributed by atoms with Crippen LogP contribution in [0.4, 0.5) is 0 Å². The predicted molar refractivity (Wildman–Crippen MR) is 72.8 cm³/mol. The topological polar surface area (TPSA) is 98.1 Å². The fourth-order valence-electron chi connectivity index (χ4n) is 1.72. The van der Waals surface area contributed by atoms with E-state index < -0.39 is 11.5 Å². The van der Waals surface area contributed by atoms with Gasteiger partial charge in [0.05, 0.1) is 0 Å². The van der Waals surface area contributed by atoms with Gasteiger partial charge in [-0.3, -0.25) is 5.32 Å². The third-order valence-corrected chi connectivity index (χ3v) is 3.03. The van der Waals surface area contributed by atoms with E-state index in [-0.39, 0.29) is 0 Å². The number of nitrogens with zero attached hydrogens (tertiary/aromatic N) is 3. The van der Waals surface area contributed by atoms with Gasteiger partial charge in [-0.15, -0.1) is 0 Å². The molecule has 0 heterocycles. The second-order valence-electron chi connectivity index (χ2n) is 4.53. The number of aliphatic carboxylic acids is 1. The van der Waals surface area contributed by atoms with Gasteiger partial charge < -0.3 is 5.11 Å². The summed E-state index contributed by atoms with van der Waals surface area (Å²) in [6, 6.07) is 7.39. The molecule has 102 valence electrons. The maximum absolute atomic E-state index is 11.5. The van der Waals surface area contributed by atoms with Gasteiger partial charge in [-0.2, -0.15) is 0 Å². The van der Waals surface area contributed by atoms with Crippen molar-refractivity contribution in [1.29, 1.82) is 0 Å². The largest absolute Gasteiger partial charge is 0.480 e. The number of benzene rings is 1. The van der Waals surface area contributed by atoms with Crippen molar-refractivity contribution >= 4 is 5.97 Å². The summed E-state index contributed by atoms with van der Waals surface area (Å²) < 4.78 is 0. The van der Waals surface area contributed by atoms with E-state index >= 15 is 0 Å². The molecule has 0 amide bonds. The molecular weight excluding hydrogens is 244 g/mol. The Morgan fingerprint density at radius 3 is 2.63 bits per heavy atom. The molecule has 0 aliphatic heterocycles. The van der Waals surface area contributed by atoms with E-state index in [0.717, 1.165) is 5.56 Å². The average molecular weight is 262 g/mol. The fourth-order valence-corrected chi connectivity index (χ4v) is 1.72. The summed E-state index contributed by atoms with van der Waals surface area (Å²) in [5, 5.41) is 15.8. The Hall–Kier alpha value is -2.04. The molecule has 1 atom stereocenters. The standard InChI is InChI=1S/C13H18N4O2/c1-10-4-6-11(7-5-10)13(2,12(18)19)15-8-3-9-16-17-14/h4-7,15H,3,8-9H2,1-2H3,(H,18,19). The van der Waals surface area contributed by atoms with Crippen LogP contribution in [0.1, 0.15) is 24.5 Å². The van der Waals surface area contributed by atoms with E-state index in [9.17, 15) is 9.90 Å². The van der Waals surface area contributed by atoms with Crippen molar-refractivity contribution in [2.45, 2.75) is 25.8 Å². The molecule has 1 aromatic carbocycles. The normalized spacial score (nSPS) is 13.4. The summed E-state index contributed by atoms with van der Waals surface area (Å²) in [4.78, 5) is 14.1. The number of aryl methyl sites for hydroxylation is 1. The molecule has 0 saturated carbocycles. The highest BCUT2D eigenvalue weighted by atomic mass is 16.4. The van der Waals surface area contributed by atoms with Crippen LogP contribution >= 0.6 is 0 Å². The number of nitrogens with one attached hydrogen (secondary N) is 1. The Labute approximate surface area is 112 Å². The van der Waals surface area contributed by atoms with Crippen LogP contribution in [0.25, 0.3) is 10.4 Å². The van der Waals surface area contributed by atoms with Gasteiger partial charge in [-0.05, 0) is 37.9 Å². The first-order chi connectivity index (χ1) is 9.00. The highest BCUT2D eigenvalue weighted by Gasteiger charge is 2.34. The van der Waals surface area contributed by atoms with Gasteiger partial charge in [-0.25, -0.2) is 4.79 Å². The van der Waals surface area contributed by atoms with Crippen molar-refractivity contribution in [3.63, 3.8) is 0 Å². The van der Waals surface area contributed by atoms with Crippen molar-refractivity contribution in [3.05, 3.63) is 45.8 Å². The summed E-state index contributed by atoms with van der Waals surface area (Å²) in [5.74, 6) is -0.930. The number of hydrogen-bond donors (Lipinski definition) is 2. The third kappa shape index (κ3) is 3.98. The number of carbonyl (C=O) groups is 1. The molecule has 0 aromatic heterocycles. The quantitative estimate of drug-likeness (QED) is 0.342. The number of carboxylic acids is 1.